The molecule has 3 aliphatic rings. The van der Waals surface area contributed by atoms with Crippen LogP contribution in [0, 0.1) is 11.8 Å². The van der Waals surface area contributed by atoms with Crippen molar-refractivity contribution in [1.29, 1.82) is 0 Å². The standard InChI is InChI=1S/C19H24N2O3/c1-24-17-6-3-13(4-7-17)10-20-12-15(9-18(20)22)19(23)21-11-14-2-5-16(21)8-14/h3-4,6-7,14-16H,2,5,8-12H2,1H3. The molecule has 0 spiro atoms. The molecule has 3 fully saturated rings. The van der Waals surface area contributed by atoms with Gasteiger partial charge in [-0.15, -0.1) is 0 Å². The molecule has 0 aromatic heterocycles. The molecule has 1 aromatic rings. The van der Waals surface area contributed by atoms with Gasteiger partial charge in [0.2, 0.25) is 11.8 Å². The first-order valence-electron chi connectivity index (χ1n) is 8.85. The number of hydrogen-bond donors (Lipinski definition) is 0. The minimum atomic E-state index is -0.157. The fourth-order valence-corrected chi connectivity index (χ4v) is 4.47. The van der Waals surface area contributed by atoms with E-state index in [2.05, 4.69) is 4.90 Å². The van der Waals surface area contributed by atoms with Gasteiger partial charge in [-0.2, -0.15) is 0 Å². The van der Waals surface area contributed by atoms with Gasteiger partial charge in [0.15, 0.2) is 0 Å². The average molecular weight is 328 g/mol. The molecule has 1 aromatic carbocycles. The molecule has 2 saturated heterocycles. The molecule has 3 atom stereocenters. The van der Waals surface area contributed by atoms with Crippen LogP contribution in [0.15, 0.2) is 24.3 Å². The van der Waals surface area contributed by atoms with E-state index in [0.717, 1.165) is 24.3 Å². The van der Waals surface area contributed by atoms with E-state index in [1.54, 1.807) is 7.11 Å². The van der Waals surface area contributed by atoms with E-state index >= 15 is 0 Å². The number of fused-ring (bicyclic) bond motifs is 2. The lowest BCUT2D eigenvalue weighted by molar-refractivity contribution is -0.137. The predicted molar refractivity (Wildman–Crippen MR) is 89.4 cm³/mol. The zero-order valence-corrected chi connectivity index (χ0v) is 14.1. The van der Waals surface area contributed by atoms with Gasteiger partial charge in [-0.1, -0.05) is 12.1 Å². The molecule has 5 heteroatoms. The first-order valence-corrected chi connectivity index (χ1v) is 8.85. The van der Waals surface area contributed by atoms with Crippen molar-refractivity contribution in [3.63, 3.8) is 0 Å². The lowest BCUT2D eigenvalue weighted by Gasteiger charge is -2.29. The van der Waals surface area contributed by atoms with E-state index in [0.29, 0.717) is 31.5 Å². The number of carbonyl (C=O) groups is 2. The number of ether oxygens (including phenoxy) is 1. The molecule has 128 valence electrons. The van der Waals surface area contributed by atoms with E-state index in [4.69, 9.17) is 4.74 Å². The van der Waals surface area contributed by atoms with Crippen LogP contribution in [0.1, 0.15) is 31.2 Å². The molecule has 2 heterocycles. The molecule has 0 N–H and O–H groups in total. The first-order chi connectivity index (χ1) is 11.6. The quantitative estimate of drug-likeness (QED) is 0.850. The summed E-state index contributed by atoms with van der Waals surface area (Å²) in [5, 5.41) is 0. The highest BCUT2D eigenvalue weighted by Crippen LogP contribution is 2.39. The van der Waals surface area contributed by atoms with E-state index in [1.165, 1.54) is 12.8 Å². The second-order valence-electron chi connectivity index (χ2n) is 7.35. The number of hydrogen-bond acceptors (Lipinski definition) is 3. The Hall–Kier alpha value is -2.04. The summed E-state index contributed by atoms with van der Waals surface area (Å²) in [6.07, 6.45) is 3.94. The van der Waals surface area contributed by atoms with Crippen LogP contribution in [-0.2, 0) is 16.1 Å². The second kappa shape index (κ2) is 6.11. The topological polar surface area (TPSA) is 49.9 Å². The molecular formula is C19H24N2O3. The highest BCUT2D eigenvalue weighted by molar-refractivity contribution is 5.89. The highest BCUT2D eigenvalue weighted by Gasteiger charge is 2.44. The lowest BCUT2D eigenvalue weighted by Crippen LogP contribution is -2.42. The average Bonchev–Trinajstić information content (AvgIpc) is 3.31. The number of benzene rings is 1. The molecule has 2 aliphatic heterocycles. The SMILES string of the molecule is COc1ccc(CN2CC(C(=O)N3CC4CCC3C4)CC2=O)cc1. The van der Waals surface area contributed by atoms with Gasteiger partial charge in [0, 0.05) is 32.1 Å². The van der Waals surface area contributed by atoms with Crippen LogP contribution in [0.25, 0.3) is 0 Å². The zero-order valence-electron chi connectivity index (χ0n) is 14.1. The summed E-state index contributed by atoms with van der Waals surface area (Å²) in [4.78, 5) is 29.0. The maximum Gasteiger partial charge on any atom is 0.228 e. The summed E-state index contributed by atoms with van der Waals surface area (Å²) in [6.45, 7) is 2.03. The van der Waals surface area contributed by atoms with Crippen LogP contribution >= 0.6 is 0 Å². The Labute approximate surface area is 142 Å². The minimum Gasteiger partial charge on any atom is -0.497 e. The van der Waals surface area contributed by atoms with Gasteiger partial charge >= 0.3 is 0 Å². The number of amides is 2. The highest BCUT2D eigenvalue weighted by atomic mass is 16.5. The van der Waals surface area contributed by atoms with Gasteiger partial charge < -0.3 is 14.5 Å². The van der Waals surface area contributed by atoms with Crippen molar-refractivity contribution in [2.45, 2.75) is 38.3 Å². The van der Waals surface area contributed by atoms with Gasteiger partial charge in [-0.05, 0) is 42.9 Å². The van der Waals surface area contributed by atoms with Crippen LogP contribution in [0.2, 0.25) is 0 Å². The van der Waals surface area contributed by atoms with E-state index in [9.17, 15) is 9.59 Å². The molecule has 3 unspecified atom stereocenters. The Morgan fingerprint density at radius 2 is 2.00 bits per heavy atom. The maximum atomic E-state index is 12.8. The van der Waals surface area contributed by atoms with Crippen molar-refractivity contribution >= 4 is 11.8 Å². The van der Waals surface area contributed by atoms with Crippen molar-refractivity contribution in [2.75, 3.05) is 20.2 Å². The number of piperidine rings is 1. The van der Waals surface area contributed by atoms with Crippen molar-refractivity contribution in [1.82, 2.24) is 9.80 Å². The normalized spacial score (nSPS) is 28.7. The summed E-state index contributed by atoms with van der Waals surface area (Å²) < 4.78 is 5.16. The summed E-state index contributed by atoms with van der Waals surface area (Å²) in [7, 11) is 1.64. The van der Waals surface area contributed by atoms with Crippen LogP contribution < -0.4 is 4.74 Å². The number of carbonyl (C=O) groups excluding carboxylic acids is 2. The Kier molecular flexibility index (Phi) is 3.94. The third kappa shape index (κ3) is 2.76. The molecule has 0 radical (unpaired) electrons. The molecule has 4 rings (SSSR count). The van der Waals surface area contributed by atoms with E-state index in [-0.39, 0.29) is 17.7 Å². The summed E-state index contributed by atoms with van der Waals surface area (Å²) in [5.41, 5.74) is 1.07. The third-order valence-electron chi connectivity index (χ3n) is 5.79. The molecule has 1 aliphatic carbocycles. The second-order valence-corrected chi connectivity index (χ2v) is 7.35. The predicted octanol–water partition coefficient (Wildman–Crippen LogP) is 2.05. The monoisotopic (exact) mass is 328 g/mol. The van der Waals surface area contributed by atoms with Crippen molar-refractivity contribution in [3.05, 3.63) is 29.8 Å². The van der Waals surface area contributed by atoms with Crippen LogP contribution in [0.5, 0.6) is 5.75 Å². The van der Waals surface area contributed by atoms with Gasteiger partial charge in [0.1, 0.15) is 5.75 Å². The van der Waals surface area contributed by atoms with Gasteiger partial charge in [0.25, 0.3) is 0 Å². The van der Waals surface area contributed by atoms with Gasteiger partial charge in [0.05, 0.1) is 13.0 Å². The third-order valence-corrected chi connectivity index (χ3v) is 5.79. The van der Waals surface area contributed by atoms with Gasteiger partial charge in [-0.3, -0.25) is 9.59 Å². The summed E-state index contributed by atoms with van der Waals surface area (Å²) in [5.74, 6) is 1.64. The number of methoxy groups -OCH3 is 1. The molecule has 24 heavy (non-hydrogen) atoms. The Bertz CT molecular complexity index is 643. The number of nitrogens with zero attached hydrogens (tertiary/aromatic N) is 2. The van der Waals surface area contributed by atoms with E-state index < -0.39 is 0 Å². The Morgan fingerprint density at radius 1 is 1.21 bits per heavy atom. The van der Waals surface area contributed by atoms with Crippen molar-refractivity contribution in [3.8, 4) is 5.75 Å². The van der Waals surface area contributed by atoms with Gasteiger partial charge in [-0.25, -0.2) is 0 Å². The van der Waals surface area contributed by atoms with Crippen LogP contribution in [-0.4, -0.2) is 47.9 Å². The molecule has 1 saturated carbocycles. The van der Waals surface area contributed by atoms with Crippen molar-refractivity contribution < 1.29 is 14.3 Å². The Balaban J connectivity index is 1.38. The zero-order chi connectivity index (χ0) is 16.7. The first kappa shape index (κ1) is 15.5. The number of likely N-dealkylation sites (tertiary alicyclic amines) is 2. The summed E-state index contributed by atoms with van der Waals surface area (Å²) in [6, 6.07) is 8.19. The lowest BCUT2D eigenvalue weighted by atomic mass is 10.0. The molecule has 2 bridgehead atoms. The number of rotatable bonds is 4. The summed E-state index contributed by atoms with van der Waals surface area (Å²) >= 11 is 0. The molecule has 2 amide bonds. The van der Waals surface area contributed by atoms with Crippen LogP contribution in [0.4, 0.5) is 0 Å². The fourth-order valence-electron chi connectivity index (χ4n) is 4.47. The van der Waals surface area contributed by atoms with Crippen LogP contribution in [0.3, 0.4) is 0 Å². The molecular weight excluding hydrogens is 304 g/mol. The smallest absolute Gasteiger partial charge is 0.228 e. The van der Waals surface area contributed by atoms with E-state index in [1.807, 2.05) is 29.2 Å². The largest absolute Gasteiger partial charge is 0.497 e. The van der Waals surface area contributed by atoms with Crippen molar-refractivity contribution in [2.24, 2.45) is 11.8 Å². The minimum absolute atomic E-state index is 0.0912. The maximum absolute atomic E-state index is 12.8. The molecule has 5 nitrogen and oxygen atoms in total. The Morgan fingerprint density at radius 3 is 2.62 bits per heavy atom. The fraction of sp³-hybridized carbons (Fsp3) is 0.579.